The van der Waals surface area contributed by atoms with Crippen molar-refractivity contribution in [2.24, 2.45) is 4.99 Å². The van der Waals surface area contributed by atoms with Gasteiger partial charge in [-0.25, -0.2) is 9.79 Å². The molecule has 1 unspecified atom stereocenters. The van der Waals surface area contributed by atoms with E-state index in [1.54, 1.807) is 18.2 Å². The number of benzene rings is 2. The third kappa shape index (κ3) is 3.24. The molecule has 2 aromatic carbocycles. The first-order chi connectivity index (χ1) is 10.4. The van der Waals surface area contributed by atoms with Crippen LogP contribution in [0, 0.1) is 0 Å². The molecule has 2 aromatic rings. The van der Waals surface area contributed by atoms with E-state index in [0.717, 1.165) is 0 Å². The van der Waals surface area contributed by atoms with Gasteiger partial charge in [0.2, 0.25) is 0 Å². The summed E-state index contributed by atoms with van der Waals surface area (Å²) in [6.45, 7) is 0. The second-order valence-electron chi connectivity index (χ2n) is 4.67. The molecular formula is C16H15NO5. The van der Waals surface area contributed by atoms with Gasteiger partial charge >= 0.3 is 5.97 Å². The van der Waals surface area contributed by atoms with Gasteiger partial charge in [0.1, 0.15) is 11.5 Å². The van der Waals surface area contributed by atoms with E-state index < -0.39 is 11.7 Å². The van der Waals surface area contributed by atoms with Crippen LogP contribution in [0.1, 0.15) is 11.1 Å². The second kappa shape index (κ2) is 6.28. The van der Waals surface area contributed by atoms with Crippen LogP contribution in [0.3, 0.4) is 0 Å². The van der Waals surface area contributed by atoms with E-state index in [2.05, 4.69) is 4.99 Å². The Bertz CT molecular complexity index is 699. The summed E-state index contributed by atoms with van der Waals surface area (Å²) in [6.07, 6.45) is 1.32. The van der Waals surface area contributed by atoms with E-state index in [1.165, 1.54) is 36.5 Å². The van der Waals surface area contributed by atoms with E-state index in [-0.39, 0.29) is 23.5 Å². The predicted octanol–water partition coefficient (Wildman–Crippen LogP) is 1.64. The van der Waals surface area contributed by atoms with Crippen molar-refractivity contribution in [2.75, 3.05) is 0 Å². The van der Waals surface area contributed by atoms with Crippen molar-refractivity contribution in [3.05, 3.63) is 59.7 Å². The molecule has 6 nitrogen and oxygen atoms in total. The Morgan fingerprint density at radius 3 is 2.41 bits per heavy atom. The first kappa shape index (κ1) is 15.5. The molecule has 0 aliphatic heterocycles. The fourth-order valence-electron chi connectivity index (χ4n) is 1.92. The van der Waals surface area contributed by atoms with Crippen LogP contribution in [0.4, 0.5) is 0 Å². The molecule has 0 spiro atoms. The first-order valence-corrected chi connectivity index (χ1v) is 6.49. The van der Waals surface area contributed by atoms with E-state index in [4.69, 9.17) is 0 Å². The van der Waals surface area contributed by atoms with Crippen LogP contribution < -0.4 is 0 Å². The maximum absolute atomic E-state index is 11.3. The van der Waals surface area contributed by atoms with Gasteiger partial charge in [-0.05, 0) is 11.6 Å². The van der Waals surface area contributed by atoms with E-state index in [9.17, 15) is 25.2 Å². The Kier molecular flexibility index (Phi) is 4.43. The number of hydrogen-bond donors (Lipinski definition) is 4. The molecule has 0 aromatic heterocycles. The number of hydrogen-bond acceptors (Lipinski definition) is 5. The molecule has 4 N–H and O–H groups in total. The fourth-order valence-corrected chi connectivity index (χ4v) is 1.92. The minimum absolute atomic E-state index is 0.0792. The lowest BCUT2D eigenvalue weighted by molar-refractivity contribution is -0.158. The number of phenols is 2. The van der Waals surface area contributed by atoms with E-state index in [1.807, 2.05) is 0 Å². The SMILES string of the molecule is O=C(O)C(O)(N=CCc1ccc(O)cc1O)c1ccccc1. The number of carboxylic acids is 1. The van der Waals surface area contributed by atoms with Gasteiger partial charge in [-0.2, -0.15) is 0 Å². The highest BCUT2D eigenvalue weighted by molar-refractivity contribution is 5.81. The largest absolute Gasteiger partial charge is 0.508 e. The Morgan fingerprint density at radius 1 is 1.14 bits per heavy atom. The lowest BCUT2D eigenvalue weighted by atomic mass is 10.0. The van der Waals surface area contributed by atoms with Gasteiger partial charge in [0, 0.05) is 24.3 Å². The molecule has 0 aliphatic carbocycles. The molecule has 0 saturated heterocycles. The molecule has 0 amide bonds. The Labute approximate surface area is 126 Å². The zero-order valence-electron chi connectivity index (χ0n) is 11.5. The molecule has 6 heteroatoms. The number of aliphatic imine (C=N–C) groups is 1. The zero-order chi connectivity index (χ0) is 16.2. The van der Waals surface area contributed by atoms with Gasteiger partial charge < -0.3 is 20.4 Å². The number of carboxylic acid groups (broad SMARTS) is 1. The Morgan fingerprint density at radius 2 is 1.82 bits per heavy atom. The molecule has 2 rings (SSSR count). The van der Waals surface area contributed by atoms with Crippen molar-refractivity contribution in [3.8, 4) is 11.5 Å². The average Bonchev–Trinajstić information content (AvgIpc) is 2.50. The van der Waals surface area contributed by atoms with E-state index >= 15 is 0 Å². The zero-order valence-corrected chi connectivity index (χ0v) is 11.5. The summed E-state index contributed by atoms with van der Waals surface area (Å²) in [4.78, 5) is 15.1. The highest BCUT2D eigenvalue weighted by Crippen LogP contribution is 2.25. The van der Waals surface area contributed by atoms with Gasteiger partial charge in [0.05, 0.1) is 0 Å². The molecule has 0 radical (unpaired) electrons. The van der Waals surface area contributed by atoms with Gasteiger partial charge in [-0.1, -0.05) is 36.4 Å². The van der Waals surface area contributed by atoms with Gasteiger partial charge in [-0.3, -0.25) is 0 Å². The van der Waals surface area contributed by atoms with Gasteiger partial charge in [0.25, 0.3) is 5.72 Å². The van der Waals surface area contributed by atoms with Crippen LogP contribution in [-0.4, -0.2) is 32.6 Å². The average molecular weight is 301 g/mol. The van der Waals surface area contributed by atoms with Crippen molar-refractivity contribution < 1.29 is 25.2 Å². The summed E-state index contributed by atoms with van der Waals surface area (Å²) in [5.74, 6) is -1.71. The molecule has 0 bridgehead atoms. The molecule has 0 fully saturated rings. The minimum Gasteiger partial charge on any atom is -0.508 e. The van der Waals surface area contributed by atoms with Crippen LogP contribution >= 0.6 is 0 Å². The van der Waals surface area contributed by atoms with Crippen LogP contribution in [0.15, 0.2) is 53.5 Å². The smallest absolute Gasteiger partial charge is 0.364 e. The highest BCUT2D eigenvalue weighted by atomic mass is 16.4. The summed E-state index contributed by atoms with van der Waals surface area (Å²) in [7, 11) is 0. The molecule has 0 saturated carbocycles. The summed E-state index contributed by atoms with van der Waals surface area (Å²) >= 11 is 0. The van der Waals surface area contributed by atoms with Crippen molar-refractivity contribution in [3.63, 3.8) is 0 Å². The quantitative estimate of drug-likeness (QED) is 0.627. The third-order valence-corrected chi connectivity index (χ3v) is 3.13. The number of carbonyl (C=O) groups is 1. The maximum atomic E-state index is 11.3. The maximum Gasteiger partial charge on any atom is 0.364 e. The standard InChI is InChI=1S/C16H15NO5/c18-13-7-6-11(14(19)10-13)8-9-17-16(22,15(20)21)12-4-2-1-3-5-12/h1-7,9-10,18-19,22H,8H2,(H,20,21). The third-order valence-electron chi connectivity index (χ3n) is 3.13. The molecular weight excluding hydrogens is 286 g/mol. The molecule has 1 atom stereocenters. The highest BCUT2D eigenvalue weighted by Gasteiger charge is 2.37. The number of phenolic OH excluding ortho intramolecular Hbond substituents is 2. The fraction of sp³-hybridized carbons (Fsp3) is 0.125. The van der Waals surface area contributed by atoms with Crippen LogP contribution in [-0.2, 0) is 16.9 Å². The Hall–Kier alpha value is -2.86. The van der Waals surface area contributed by atoms with Gasteiger partial charge in [0.15, 0.2) is 0 Å². The number of aliphatic carboxylic acids is 1. The second-order valence-corrected chi connectivity index (χ2v) is 4.67. The topological polar surface area (TPSA) is 110 Å². The number of nitrogens with zero attached hydrogens (tertiary/aromatic N) is 1. The lowest BCUT2D eigenvalue weighted by Crippen LogP contribution is -2.33. The molecule has 0 aliphatic rings. The minimum atomic E-state index is -2.38. The van der Waals surface area contributed by atoms with Crippen molar-refractivity contribution >= 4 is 12.2 Å². The van der Waals surface area contributed by atoms with Crippen LogP contribution in [0.5, 0.6) is 11.5 Å². The Balaban J connectivity index is 2.23. The monoisotopic (exact) mass is 301 g/mol. The summed E-state index contributed by atoms with van der Waals surface area (Å²) in [5.41, 5.74) is -1.80. The van der Waals surface area contributed by atoms with Crippen molar-refractivity contribution in [1.82, 2.24) is 0 Å². The molecule has 114 valence electrons. The van der Waals surface area contributed by atoms with Crippen LogP contribution in [0.25, 0.3) is 0 Å². The number of rotatable bonds is 5. The van der Waals surface area contributed by atoms with Crippen molar-refractivity contribution in [2.45, 2.75) is 12.1 Å². The van der Waals surface area contributed by atoms with Gasteiger partial charge in [-0.15, -0.1) is 0 Å². The number of aromatic hydroxyl groups is 2. The lowest BCUT2D eigenvalue weighted by Gasteiger charge is -2.18. The molecule has 22 heavy (non-hydrogen) atoms. The van der Waals surface area contributed by atoms with E-state index in [0.29, 0.717) is 5.56 Å². The summed E-state index contributed by atoms with van der Waals surface area (Å²) in [5, 5.41) is 38.3. The summed E-state index contributed by atoms with van der Waals surface area (Å²) in [6, 6.07) is 11.9. The normalized spacial score (nSPS) is 13.9. The molecule has 0 heterocycles. The predicted molar refractivity (Wildman–Crippen MR) is 79.9 cm³/mol. The number of aliphatic hydroxyl groups is 1. The first-order valence-electron chi connectivity index (χ1n) is 6.49. The van der Waals surface area contributed by atoms with Crippen molar-refractivity contribution in [1.29, 1.82) is 0 Å². The summed E-state index contributed by atoms with van der Waals surface area (Å²) < 4.78 is 0. The van der Waals surface area contributed by atoms with Crippen LogP contribution in [0.2, 0.25) is 0 Å².